The monoisotopic (exact) mass is 719 g/mol. The Morgan fingerprint density at radius 1 is 0.604 bits per heavy atom. The van der Waals surface area contributed by atoms with Gasteiger partial charge in [-0.15, -0.1) is 0 Å². The van der Waals surface area contributed by atoms with Crippen LogP contribution in [0.15, 0.2) is 71.2 Å². The second kappa shape index (κ2) is 27.0. The first-order valence-corrected chi connectivity index (χ1v) is 21.5. The highest BCUT2D eigenvalue weighted by atomic mass is 79.9. The van der Waals surface area contributed by atoms with E-state index < -0.39 is 6.71 Å². The van der Waals surface area contributed by atoms with Gasteiger partial charge in [0.15, 0.2) is 0 Å². The molecule has 270 valence electrons. The second-order valence-electron chi connectivity index (χ2n) is 14.6. The van der Waals surface area contributed by atoms with Crippen molar-refractivity contribution < 1.29 is 4.48 Å². The number of hydrogen-bond acceptors (Lipinski definition) is 0. The Morgan fingerprint density at radius 2 is 1.08 bits per heavy atom. The van der Waals surface area contributed by atoms with Crippen LogP contribution in [0.5, 0.6) is 0 Å². The third kappa shape index (κ3) is 16.8. The maximum atomic E-state index is 3.42. The van der Waals surface area contributed by atoms with E-state index in [0.29, 0.717) is 0 Å². The third-order valence-electron chi connectivity index (χ3n) is 10.6. The van der Waals surface area contributed by atoms with Gasteiger partial charge >= 0.3 is 0 Å². The molecule has 0 amide bonds. The van der Waals surface area contributed by atoms with E-state index in [1.807, 2.05) is 0 Å². The molecule has 1 atom stereocenters. The van der Waals surface area contributed by atoms with E-state index in [1.165, 1.54) is 117 Å². The maximum Gasteiger partial charge on any atom is 0.0786 e. The highest BCUT2D eigenvalue weighted by Crippen LogP contribution is 2.17. The number of halogens is 1. The molecule has 0 aliphatic carbocycles. The van der Waals surface area contributed by atoms with Crippen molar-refractivity contribution >= 4 is 46.3 Å². The predicted octanol–water partition coefficient (Wildman–Crippen LogP) is 10.6. The lowest BCUT2D eigenvalue weighted by Gasteiger charge is -2.39. The van der Waals surface area contributed by atoms with Crippen LogP contribution in [-0.4, -0.2) is 44.7 Å². The molecule has 0 heterocycles. The van der Waals surface area contributed by atoms with Crippen LogP contribution < -0.4 is 16.4 Å². The first kappa shape index (κ1) is 44.3. The van der Waals surface area contributed by atoms with Gasteiger partial charge in [-0.25, -0.2) is 16.4 Å². The zero-order valence-corrected chi connectivity index (χ0v) is 35.0. The Kier molecular flexibility index (Phi) is 24.9. The van der Waals surface area contributed by atoms with Crippen LogP contribution >= 0.6 is 15.9 Å². The Balaban J connectivity index is 0.000000392. The Hall–Kier alpha value is -1.77. The van der Waals surface area contributed by atoms with Gasteiger partial charge in [0.1, 0.15) is 0 Å². The lowest BCUT2D eigenvalue weighted by molar-refractivity contribution is -0.929. The molecule has 3 aromatic carbocycles. The molecule has 0 bridgehead atoms. The molecule has 0 saturated carbocycles. The highest BCUT2D eigenvalue weighted by molar-refractivity contribution is 9.10. The number of aryl methyl sites for hydroxylation is 3. The molecule has 0 aliphatic heterocycles. The molecule has 1 nitrogen and oxygen atoms in total. The molecule has 48 heavy (non-hydrogen) atoms. The van der Waals surface area contributed by atoms with Crippen LogP contribution in [0.25, 0.3) is 0 Å². The molecule has 0 aromatic heterocycles. The van der Waals surface area contributed by atoms with Gasteiger partial charge in [0.25, 0.3) is 0 Å². The van der Waals surface area contributed by atoms with Gasteiger partial charge in [-0.3, -0.25) is 0 Å². The molecule has 3 aromatic rings. The van der Waals surface area contributed by atoms with Gasteiger partial charge in [-0.1, -0.05) is 180 Å². The van der Waals surface area contributed by atoms with Crippen molar-refractivity contribution in [1.82, 2.24) is 0 Å². The van der Waals surface area contributed by atoms with Gasteiger partial charge in [-0.05, 0) is 58.8 Å². The topological polar surface area (TPSA) is 0 Å². The predicted molar refractivity (Wildman–Crippen MR) is 230 cm³/mol. The normalized spacial score (nSPS) is 11.7. The molecule has 3 rings (SSSR count). The maximum absolute atomic E-state index is 3.42. The minimum absolute atomic E-state index is 0.147. The minimum Gasteiger partial charge on any atom is -0.324 e. The molecule has 0 fully saturated rings. The Morgan fingerprint density at radius 3 is 1.46 bits per heavy atom. The molecule has 0 spiro atoms. The number of nitrogens with zero attached hydrogens (tertiary/aromatic N) is 1. The van der Waals surface area contributed by atoms with Crippen molar-refractivity contribution in [1.29, 1.82) is 0 Å². The minimum atomic E-state index is -0.442. The molecule has 0 N–H and O–H groups in total. The summed E-state index contributed by atoms with van der Waals surface area (Å²) < 4.78 is 2.62. The summed E-state index contributed by atoms with van der Waals surface area (Å²) in [5, 5.41) is 0. The molecule has 0 radical (unpaired) electrons. The van der Waals surface area contributed by atoms with Crippen molar-refractivity contribution in [2.45, 2.75) is 146 Å². The summed E-state index contributed by atoms with van der Waals surface area (Å²) in [4.78, 5) is 0. The Labute approximate surface area is 309 Å². The van der Waals surface area contributed by atoms with Gasteiger partial charge in [0.05, 0.1) is 26.2 Å². The summed E-state index contributed by atoms with van der Waals surface area (Å²) in [6.45, 7) is 26.0. The van der Waals surface area contributed by atoms with Gasteiger partial charge < -0.3 is 4.48 Å². The largest absolute Gasteiger partial charge is 0.324 e. The second-order valence-corrected chi connectivity index (χ2v) is 15.5. The van der Waals surface area contributed by atoms with Crippen LogP contribution in [-0.2, 0) is 12.8 Å². The van der Waals surface area contributed by atoms with E-state index >= 15 is 0 Å². The van der Waals surface area contributed by atoms with E-state index in [-0.39, 0.29) is 7.28 Å². The quantitative estimate of drug-likeness (QED) is 0.0806. The number of unbranched alkanes of at least 4 members (excludes halogenated alkanes) is 5. The average Bonchev–Trinajstić information content (AvgIpc) is 3.12. The van der Waals surface area contributed by atoms with Gasteiger partial charge in [-0.2, -0.15) is 13.1 Å². The first-order chi connectivity index (χ1) is 23.3. The standard InChI is InChI=1S/C21H30B.C16H36N.C7H9BBr/c1-5-8-14-22(20-12-10-9-11-13-20)21-18(6-2)15-17(4)16-19(21)7-3;1-5-9-13-17(14-10-6-2,15-11-7-3)16-12-8-4;1-8-6-3-2-4-7(9)5-6/h9-13,15-16,22H,5-8,14H2,1-4H3;5-16H2,1-4H3;2-5H,8H2,1H3/q-1;+1;-1. The van der Waals surface area contributed by atoms with Gasteiger partial charge in [0.2, 0.25) is 0 Å². The van der Waals surface area contributed by atoms with Crippen molar-refractivity contribution in [2.24, 2.45) is 0 Å². The number of hydrogen-bond donors (Lipinski definition) is 0. The first-order valence-electron chi connectivity index (χ1n) is 20.7. The van der Waals surface area contributed by atoms with Crippen molar-refractivity contribution in [3.63, 3.8) is 0 Å². The fourth-order valence-electron chi connectivity index (χ4n) is 7.56. The van der Waals surface area contributed by atoms with Crippen LogP contribution in [0.4, 0.5) is 0 Å². The smallest absolute Gasteiger partial charge is 0.0786 e. The van der Waals surface area contributed by atoms with Crippen molar-refractivity contribution in [3.8, 4) is 0 Å². The fraction of sp³-hybridized carbons (Fsp3) is 0.591. The highest BCUT2D eigenvalue weighted by Gasteiger charge is 2.24. The summed E-state index contributed by atoms with van der Waals surface area (Å²) in [5.74, 6) is 0. The molecule has 4 heteroatoms. The Bertz CT molecular complexity index is 1150. The zero-order valence-electron chi connectivity index (χ0n) is 33.4. The van der Waals surface area contributed by atoms with E-state index in [9.17, 15) is 0 Å². The molecule has 0 saturated heterocycles. The van der Waals surface area contributed by atoms with Crippen LogP contribution in [0.3, 0.4) is 0 Å². The SMILES string of the molecule is CCCC[BH-](c1ccccc1)c1c(CC)cc(C)cc1CC.CCCC[N+](CCCC)(CCCC)CCCC.C[BH2-]c1cccc(Br)c1. The summed E-state index contributed by atoms with van der Waals surface area (Å²) in [7, 11) is 0.147. The van der Waals surface area contributed by atoms with Gasteiger partial charge in [0, 0.05) is 11.2 Å². The lowest BCUT2D eigenvalue weighted by atomic mass is 9.36. The van der Waals surface area contributed by atoms with Crippen molar-refractivity contribution in [2.75, 3.05) is 26.2 Å². The van der Waals surface area contributed by atoms with Crippen LogP contribution in [0, 0.1) is 6.92 Å². The third-order valence-corrected chi connectivity index (χ3v) is 11.1. The van der Waals surface area contributed by atoms with Crippen LogP contribution in [0.1, 0.15) is 129 Å². The molecular weight excluding hydrogens is 644 g/mol. The number of rotatable bonds is 20. The molecule has 0 aliphatic rings. The average molecular weight is 720 g/mol. The van der Waals surface area contributed by atoms with E-state index in [4.69, 9.17) is 0 Å². The lowest BCUT2D eigenvalue weighted by Crippen LogP contribution is -2.50. The number of benzene rings is 3. The molecule has 1 unspecified atom stereocenters. The summed E-state index contributed by atoms with van der Waals surface area (Å²) in [6, 6.07) is 24.6. The summed E-state index contributed by atoms with van der Waals surface area (Å²) >= 11 is 3.42. The van der Waals surface area contributed by atoms with Crippen molar-refractivity contribution in [3.05, 3.63) is 87.9 Å². The van der Waals surface area contributed by atoms with E-state index in [0.717, 1.165) is 12.8 Å². The van der Waals surface area contributed by atoms with E-state index in [1.54, 1.807) is 22.1 Å². The zero-order chi connectivity index (χ0) is 35.6. The summed E-state index contributed by atoms with van der Waals surface area (Å²) in [6.07, 6.45) is 17.3. The fourth-order valence-corrected chi connectivity index (χ4v) is 8.07. The van der Waals surface area contributed by atoms with Crippen LogP contribution in [0.2, 0.25) is 13.1 Å². The number of quaternary nitrogens is 1. The summed E-state index contributed by atoms with van der Waals surface area (Å²) in [5.41, 5.74) is 9.33. The van der Waals surface area contributed by atoms with E-state index in [2.05, 4.69) is 145 Å². The molecular formula is C44H75B2BrN-.